The highest BCUT2D eigenvalue weighted by Gasteiger charge is 2.30. The molecule has 3 aromatic carbocycles. The average Bonchev–Trinajstić information content (AvgIpc) is 2.60. The molecule has 2 nitrogen and oxygen atoms in total. The SMILES string of the molecule is CC(N)Cc1c(OCc2cccc(C(F)(F)F)c2)ccc2ccccc12. The fourth-order valence-electron chi connectivity index (χ4n) is 2.98. The normalized spacial score (nSPS) is 13.0. The van der Waals surface area contributed by atoms with Crippen LogP contribution in [0.4, 0.5) is 13.2 Å². The van der Waals surface area contributed by atoms with E-state index in [2.05, 4.69) is 0 Å². The molecule has 0 spiro atoms. The first-order chi connectivity index (χ1) is 12.3. The van der Waals surface area contributed by atoms with Gasteiger partial charge >= 0.3 is 6.18 Å². The van der Waals surface area contributed by atoms with E-state index in [1.165, 1.54) is 6.07 Å². The molecule has 3 aromatic rings. The topological polar surface area (TPSA) is 35.2 Å². The largest absolute Gasteiger partial charge is 0.489 e. The Hall–Kier alpha value is -2.53. The Bertz CT molecular complexity index is 903. The van der Waals surface area contributed by atoms with Crippen LogP contribution in [0.25, 0.3) is 10.8 Å². The van der Waals surface area contributed by atoms with Crippen molar-refractivity contribution in [1.29, 1.82) is 0 Å². The molecule has 1 atom stereocenters. The van der Waals surface area contributed by atoms with Crippen LogP contribution in [-0.2, 0) is 19.2 Å². The van der Waals surface area contributed by atoms with E-state index < -0.39 is 11.7 Å². The van der Waals surface area contributed by atoms with Crippen molar-refractivity contribution in [3.05, 3.63) is 77.4 Å². The first-order valence-electron chi connectivity index (χ1n) is 8.40. The van der Waals surface area contributed by atoms with Crippen molar-refractivity contribution in [2.75, 3.05) is 0 Å². The minimum absolute atomic E-state index is 0.0586. The van der Waals surface area contributed by atoms with E-state index in [9.17, 15) is 13.2 Å². The van der Waals surface area contributed by atoms with Crippen LogP contribution in [0, 0.1) is 0 Å². The second-order valence-corrected chi connectivity index (χ2v) is 6.43. The molecule has 0 amide bonds. The third-order valence-electron chi connectivity index (χ3n) is 4.17. The molecule has 0 radical (unpaired) electrons. The van der Waals surface area contributed by atoms with Crippen LogP contribution in [0.15, 0.2) is 60.7 Å². The molecule has 0 aliphatic heterocycles. The Morgan fingerprint density at radius 1 is 1.00 bits per heavy atom. The van der Waals surface area contributed by atoms with E-state index in [4.69, 9.17) is 10.5 Å². The van der Waals surface area contributed by atoms with Crippen LogP contribution in [0.2, 0.25) is 0 Å². The van der Waals surface area contributed by atoms with E-state index in [1.54, 1.807) is 6.07 Å². The van der Waals surface area contributed by atoms with E-state index in [0.717, 1.165) is 28.5 Å². The molecule has 0 saturated carbocycles. The van der Waals surface area contributed by atoms with Gasteiger partial charge in [-0.2, -0.15) is 13.2 Å². The summed E-state index contributed by atoms with van der Waals surface area (Å²) >= 11 is 0. The van der Waals surface area contributed by atoms with Crippen molar-refractivity contribution < 1.29 is 17.9 Å². The highest BCUT2D eigenvalue weighted by Crippen LogP contribution is 2.31. The lowest BCUT2D eigenvalue weighted by atomic mass is 9.98. The second kappa shape index (κ2) is 7.38. The number of hydrogen-bond acceptors (Lipinski definition) is 2. The van der Waals surface area contributed by atoms with Gasteiger partial charge in [-0.25, -0.2) is 0 Å². The summed E-state index contributed by atoms with van der Waals surface area (Å²) in [7, 11) is 0. The number of halogens is 3. The second-order valence-electron chi connectivity index (χ2n) is 6.43. The van der Waals surface area contributed by atoms with E-state index in [-0.39, 0.29) is 12.6 Å². The molecule has 1 unspecified atom stereocenters. The zero-order chi connectivity index (χ0) is 18.7. The third-order valence-corrected chi connectivity index (χ3v) is 4.17. The van der Waals surface area contributed by atoms with Crippen LogP contribution in [0.5, 0.6) is 5.75 Å². The molecule has 136 valence electrons. The molecule has 0 aromatic heterocycles. The van der Waals surface area contributed by atoms with Crippen LogP contribution in [0.1, 0.15) is 23.6 Å². The van der Waals surface area contributed by atoms with Crippen molar-refractivity contribution in [2.45, 2.75) is 32.2 Å². The van der Waals surface area contributed by atoms with E-state index in [1.807, 2.05) is 43.3 Å². The lowest BCUT2D eigenvalue weighted by Crippen LogP contribution is -2.18. The molecule has 0 bridgehead atoms. The van der Waals surface area contributed by atoms with Gasteiger partial charge in [0.2, 0.25) is 0 Å². The molecule has 2 N–H and O–H groups in total. The Morgan fingerprint density at radius 3 is 2.50 bits per heavy atom. The summed E-state index contributed by atoms with van der Waals surface area (Å²) in [5.41, 5.74) is 6.75. The predicted octanol–water partition coefficient (Wildman–Crippen LogP) is 5.33. The van der Waals surface area contributed by atoms with Gasteiger partial charge < -0.3 is 10.5 Å². The number of alkyl halides is 3. The van der Waals surface area contributed by atoms with E-state index >= 15 is 0 Å². The van der Waals surface area contributed by atoms with Gasteiger partial charge in [0.25, 0.3) is 0 Å². The molecule has 3 rings (SSSR count). The van der Waals surface area contributed by atoms with Crippen LogP contribution in [-0.4, -0.2) is 6.04 Å². The van der Waals surface area contributed by atoms with Gasteiger partial charge in [0, 0.05) is 11.6 Å². The number of rotatable bonds is 5. The summed E-state index contributed by atoms with van der Waals surface area (Å²) in [4.78, 5) is 0. The Labute approximate surface area is 150 Å². The fraction of sp³-hybridized carbons (Fsp3) is 0.238. The number of hydrogen-bond donors (Lipinski definition) is 1. The maximum atomic E-state index is 12.9. The molecule has 0 saturated heterocycles. The molecule has 0 heterocycles. The lowest BCUT2D eigenvalue weighted by Gasteiger charge is -2.16. The fourth-order valence-corrected chi connectivity index (χ4v) is 2.98. The van der Waals surface area contributed by atoms with Gasteiger partial charge in [0.15, 0.2) is 0 Å². The molecule has 5 heteroatoms. The van der Waals surface area contributed by atoms with Gasteiger partial charge in [0.1, 0.15) is 12.4 Å². The first kappa shape index (κ1) is 18.3. The quantitative estimate of drug-likeness (QED) is 0.668. The van der Waals surface area contributed by atoms with Crippen LogP contribution < -0.4 is 10.5 Å². The monoisotopic (exact) mass is 359 g/mol. The van der Waals surface area contributed by atoms with Crippen molar-refractivity contribution in [2.24, 2.45) is 5.73 Å². The third kappa shape index (κ3) is 4.17. The van der Waals surface area contributed by atoms with Crippen LogP contribution in [0.3, 0.4) is 0 Å². The van der Waals surface area contributed by atoms with Crippen molar-refractivity contribution >= 4 is 10.8 Å². The number of ether oxygens (including phenoxy) is 1. The number of nitrogens with two attached hydrogens (primary N) is 1. The Balaban J connectivity index is 1.89. The standard InChI is InChI=1S/C21H20F3NO/c1-14(25)11-19-18-8-3-2-6-16(18)9-10-20(19)26-13-15-5-4-7-17(12-15)21(22,23)24/h2-10,12,14H,11,13,25H2,1H3. The van der Waals surface area contributed by atoms with Gasteiger partial charge in [-0.05, 0) is 47.9 Å². The summed E-state index contributed by atoms with van der Waals surface area (Å²) in [6.45, 7) is 1.98. The predicted molar refractivity (Wildman–Crippen MR) is 97.1 cm³/mol. The zero-order valence-electron chi connectivity index (χ0n) is 14.4. The van der Waals surface area contributed by atoms with Gasteiger partial charge in [-0.3, -0.25) is 0 Å². The minimum atomic E-state index is -4.36. The van der Waals surface area contributed by atoms with Crippen LogP contribution >= 0.6 is 0 Å². The lowest BCUT2D eigenvalue weighted by molar-refractivity contribution is -0.137. The molecule has 26 heavy (non-hydrogen) atoms. The molecular formula is C21H20F3NO. The van der Waals surface area contributed by atoms with E-state index in [0.29, 0.717) is 17.7 Å². The maximum Gasteiger partial charge on any atom is 0.416 e. The van der Waals surface area contributed by atoms with Crippen molar-refractivity contribution in [3.63, 3.8) is 0 Å². The van der Waals surface area contributed by atoms with Gasteiger partial charge in [-0.15, -0.1) is 0 Å². The minimum Gasteiger partial charge on any atom is -0.489 e. The summed E-state index contributed by atoms with van der Waals surface area (Å²) in [6.07, 6.45) is -3.74. The van der Waals surface area contributed by atoms with Crippen molar-refractivity contribution in [1.82, 2.24) is 0 Å². The molecule has 0 fully saturated rings. The Morgan fingerprint density at radius 2 is 1.77 bits per heavy atom. The molecule has 0 aliphatic rings. The summed E-state index contributed by atoms with van der Waals surface area (Å²) < 4.78 is 44.5. The highest BCUT2D eigenvalue weighted by molar-refractivity contribution is 5.87. The smallest absolute Gasteiger partial charge is 0.416 e. The molecular weight excluding hydrogens is 339 g/mol. The summed E-state index contributed by atoms with van der Waals surface area (Å²) in [5.74, 6) is 0.651. The van der Waals surface area contributed by atoms with Gasteiger partial charge in [-0.1, -0.05) is 42.5 Å². The summed E-state index contributed by atoms with van der Waals surface area (Å²) in [5, 5.41) is 2.13. The zero-order valence-corrected chi connectivity index (χ0v) is 14.4. The maximum absolute atomic E-state index is 12.9. The molecule has 0 aliphatic carbocycles. The number of fused-ring (bicyclic) bond motifs is 1. The Kier molecular flexibility index (Phi) is 5.18. The number of benzene rings is 3. The van der Waals surface area contributed by atoms with Crippen molar-refractivity contribution in [3.8, 4) is 5.75 Å². The summed E-state index contributed by atoms with van der Waals surface area (Å²) in [6, 6.07) is 16.9. The first-order valence-corrected chi connectivity index (χ1v) is 8.40. The average molecular weight is 359 g/mol. The van der Waals surface area contributed by atoms with Gasteiger partial charge in [0.05, 0.1) is 5.56 Å². The highest BCUT2D eigenvalue weighted by atomic mass is 19.4.